The van der Waals surface area contributed by atoms with E-state index < -0.39 is 0 Å². The van der Waals surface area contributed by atoms with Gasteiger partial charge in [-0.05, 0) is 61.1 Å². The summed E-state index contributed by atoms with van der Waals surface area (Å²) in [5.41, 5.74) is 2.39. The third-order valence-electron chi connectivity index (χ3n) is 4.09. The van der Waals surface area contributed by atoms with Crippen LogP contribution in [0.15, 0.2) is 63.0 Å². The van der Waals surface area contributed by atoms with Gasteiger partial charge in [-0.2, -0.15) is 0 Å². The predicted octanol–water partition coefficient (Wildman–Crippen LogP) is 5.96. The number of ether oxygens (including phenoxy) is 1. The highest BCUT2D eigenvalue weighted by atomic mass is 79.9. The van der Waals surface area contributed by atoms with E-state index in [1.807, 2.05) is 54.0 Å². The molecule has 0 radical (unpaired) electrons. The molecule has 0 atom stereocenters. The Bertz CT molecular complexity index is 1280. The molecule has 2 aromatic heterocycles. The van der Waals surface area contributed by atoms with Crippen LogP contribution in [-0.4, -0.2) is 21.1 Å². The zero-order valence-corrected chi connectivity index (χ0v) is 19.4. The fraction of sp³-hybridized carbons (Fsp3) is 0.150. The van der Waals surface area contributed by atoms with Crippen LogP contribution in [0.1, 0.15) is 12.5 Å². The standard InChI is InChI=1S/C20H16BrN3O2S3/c1-2-26-15-8-6-14(7-9-15)24-17-16(29-20(24)27)18(25)23-19(22-17)28-11-12-4-3-5-13(21)10-12/h3-10H,2,11H2,1H3,(H,22,23,25). The summed E-state index contributed by atoms with van der Waals surface area (Å²) in [4.78, 5) is 20.2. The Morgan fingerprint density at radius 1 is 1.28 bits per heavy atom. The Labute approximate surface area is 188 Å². The van der Waals surface area contributed by atoms with Crippen LogP contribution in [0.5, 0.6) is 5.75 Å². The summed E-state index contributed by atoms with van der Waals surface area (Å²) in [6.07, 6.45) is 0. The highest BCUT2D eigenvalue weighted by Gasteiger charge is 2.14. The van der Waals surface area contributed by atoms with E-state index in [1.165, 1.54) is 23.1 Å². The maximum Gasteiger partial charge on any atom is 0.271 e. The highest BCUT2D eigenvalue weighted by molar-refractivity contribution is 9.10. The van der Waals surface area contributed by atoms with Crippen LogP contribution >= 0.6 is 51.2 Å². The van der Waals surface area contributed by atoms with Crippen molar-refractivity contribution in [1.82, 2.24) is 14.5 Å². The van der Waals surface area contributed by atoms with Crippen molar-refractivity contribution in [3.05, 3.63) is 72.9 Å². The molecule has 0 bridgehead atoms. The van der Waals surface area contributed by atoms with Crippen molar-refractivity contribution in [2.45, 2.75) is 17.8 Å². The molecule has 148 valence electrons. The molecule has 2 heterocycles. The predicted molar refractivity (Wildman–Crippen MR) is 125 cm³/mol. The number of fused-ring (bicyclic) bond motifs is 1. The van der Waals surface area contributed by atoms with Crippen molar-refractivity contribution < 1.29 is 4.74 Å². The van der Waals surface area contributed by atoms with Gasteiger partial charge in [-0.15, -0.1) is 0 Å². The number of aromatic amines is 1. The summed E-state index contributed by atoms with van der Waals surface area (Å²) < 4.78 is 9.47. The Morgan fingerprint density at radius 3 is 2.79 bits per heavy atom. The van der Waals surface area contributed by atoms with Crippen molar-refractivity contribution >= 4 is 61.6 Å². The van der Waals surface area contributed by atoms with Gasteiger partial charge < -0.3 is 9.72 Å². The van der Waals surface area contributed by atoms with Gasteiger partial charge in [0.25, 0.3) is 5.56 Å². The molecular weight excluding hydrogens is 490 g/mol. The number of hydrogen-bond donors (Lipinski definition) is 1. The number of benzene rings is 2. The fourth-order valence-electron chi connectivity index (χ4n) is 2.83. The molecule has 2 aromatic carbocycles. The summed E-state index contributed by atoms with van der Waals surface area (Å²) in [6.45, 7) is 2.55. The van der Waals surface area contributed by atoms with Gasteiger partial charge in [0.05, 0.1) is 6.61 Å². The van der Waals surface area contributed by atoms with Gasteiger partial charge >= 0.3 is 0 Å². The average molecular weight is 506 g/mol. The Morgan fingerprint density at radius 2 is 2.07 bits per heavy atom. The Kier molecular flexibility index (Phi) is 6.19. The van der Waals surface area contributed by atoms with Crippen LogP contribution in [0.4, 0.5) is 0 Å². The molecule has 0 saturated carbocycles. The molecular formula is C20H16BrN3O2S3. The van der Waals surface area contributed by atoms with Gasteiger partial charge in [0, 0.05) is 15.9 Å². The largest absolute Gasteiger partial charge is 0.494 e. The SMILES string of the molecule is CCOc1ccc(-n2c(=S)sc3c(=O)[nH]c(SCc4cccc(Br)c4)nc32)cc1. The number of nitrogens with zero attached hydrogens (tertiary/aromatic N) is 2. The fourth-order valence-corrected chi connectivity index (χ4v) is 5.34. The molecule has 29 heavy (non-hydrogen) atoms. The molecule has 4 rings (SSSR count). The molecule has 0 spiro atoms. The monoisotopic (exact) mass is 505 g/mol. The zero-order chi connectivity index (χ0) is 20.4. The maximum atomic E-state index is 12.6. The van der Waals surface area contributed by atoms with Gasteiger partial charge in [0.2, 0.25) is 0 Å². The first-order valence-electron chi connectivity index (χ1n) is 8.81. The average Bonchev–Trinajstić information content (AvgIpc) is 3.04. The van der Waals surface area contributed by atoms with E-state index in [-0.39, 0.29) is 5.56 Å². The zero-order valence-electron chi connectivity index (χ0n) is 15.3. The molecule has 4 aromatic rings. The summed E-state index contributed by atoms with van der Waals surface area (Å²) in [7, 11) is 0. The van der Waals surface area contributed by atoms with Crippen LogP contribution in [0, 0.1) is 3.95 Å². The second kappa shape index (κ2) is 8.83. The lowest BCUT2D eigenvalue weighted by Gasteiger charge is -2.07. The maximum absolute atomic E-state index is 12.6. The van der Waals surface area contributed by atoms with E-state index in [1.54, 1.807) is 0 Å². The second-order valence-electron chi connectivity index (χ2n) is 6.07. The molecule has 0 aliphatic carbocycles. The summed E-state index contributed by atoms with van der Waals surface area (Å²) in [5, 5.41) is 0.565. The van der Waals surface area contributed by atoms with E-state index in [0.29, 0.717) is 31.8 Å². The van der Waals surface area contributed by atoms with Crippen molar-refractivity contribution in [3.8, 4) is 11.4 Å². The first-order valence-corrected chi connectivity index (χ1v) is 11.8. The number of nitrogens with one attached hydrogen (secondary N) is 1. The number of thioether (sulfide) groups is 1. The molecule has 1 N–H and O–H groups in total. The van der Waals surface area contributed by atoms with Crippen molar-refractivity contribution in [2.75, 3.05) is 6.61 Å². The first-order chi connectivity index (χ1) is 14.0. The summed E-state index contributed by atoms with van der Waals surface area (Å²) >= 11 is 11.8. The third-order valence-corrected chi connectivity index (χ3v) is 6.89. The van der Waals surface area contributed by atoms with Crippen molar-refractivity contribution in [1.29, 1.82) is 0 Å². The molecule has 9 heteroatoms. The summed E-state index contributed by atoms with van der Waals surface area (Å²) in [5.74, 6) is 1.49. The molecule has 0 amide bonds. The van der Waals surface area contributed by atoms with Crippen LogP contribution in [0.2, 0.25) is 0 Å². The van der Waals surface area contributed by atoms with Crippen LogP contribution in [0.25, 0.3) is 16.0 Å². The van der Waals surface area contributed by atoms with Crippen LogP contribution in [0.3, 0.4) is 0 Å². The van der Waals surface area contributed by atoms with Crippen LogP contribution in [-0.2, 0) is 5.75 Å². The third kappa shape index (κ3) is 4.48. The number of H-pyrrole nitrogens is 1. The van der Waals surface area contributed by atoms with E-state index >= 15 is 0 Å². The minimum absolute atomic E-state index is 0.174. The summed E-state index contributed by atoms with van der Waals surface area (Å²) in [6, 6.07) is 15.7. The molecule has 0 fully saturated rings. The van der Waals surface area contributed by atoms with E-state index in [9.17, 15) is 4.79 Å². The number of rotatable bonds is 6. The number of hydrogen-bond acceptors (Lipinski definition) is 6. The Hall–Kier alpha value is -1.94. The van der Waals surface area contributed by atoms with Gasteiger partial charge in [-0.25, -0.2) is 4.98 Å². The minimum atomic E-state index is -0.174. The topological polar surface area (TPSA) is 59.9 Å². The number of thiazole rings is 1. The van der Waals surface area contributed by atoms with E-state index in [4.69, 9.17) is 21.9 Å². The lowest BCUT2D eigenvalue weighted by atomic mass is 10.2. The normalized spacial score (nSPS) is 11.1. The van der Waals surface area contributed by atoms with E-state index in [0.717, 1.165) is 21.5 Å². The molecule has 0 aliphatic heterocycles. The minimum Gasteiger partial charge on any atom is -0.494 e. The number of halogens is 1. The highest BCUT2D eigenvalue weighted by Crippen LogP contribution is 2.27. The van der Waals surface area contributed by atoms with Gasteiger partial charge in [-0.1, -0.05) is 51.2 Å². The molecule has 5 nitrogen and oxygen atoms in total. The van der Waals surface area contributed by atoms with E-state index in [2.05, 4.69) is 27.0 Å². The van der Waals surface area contributed by atoms with Gasteiger partial charge in [0.1, 0.15) is 10.4 Å². The lowest BCUT2D eigenvalue weighted by Crippen LogP contribution is -2.09. The van der Waals surface area contributed by atoms with Crippen LogP contribution < -0.4 is 10.3 Å². The molecule has 0 saturated heterocycles. The lowest BCUT2D eigenvalue weighted by molar-refractivity contribution is 0.340. The van der Waals surface area contributed by atoms with Crippen molar-refractivity contribution in [2.24, 2.45) is 0 Å². The molecule has 0 unspecified atom stereocenters. The quantitative estimate of drug-likeness (QED) is 0.199. The second-order valence-corrected chi connectivity index (χ2v) is 9.60. The van der Waals surface area contributed by atoms with Gasteiger partial charge in [0.15, 0.2) is 14.8 Å². The first kappa shape index (κ1) is 20.3. The number of aromatic nitrogens is 3. The Balaban J connectivity index is 1.71. The molecule has 0 aliphatic rings. The smallest absolute Gasteiger partial charge is 0.271 e. The van der Waals surface area contributed by atoms with Gasteiger partial charge in [-0.3, -0.25) is 9.36 Å². The van der Waals surface area contributed by atoms with Crippen molar-refractivity contribution in [3.63, 3.8) is 0 Å².